The molecule has 1 N–H and O–H groups in total. The van der Waals surface area contributed by atoms with E-state index in [9.17, 15) is 4.79 Å². The van der Waals surface area contributed by atoms with Gasteiger partial charge in [0, 0.05) is 17.9 Å². The van der Waals surface area contributed by atoms with Gasteiger partial charge in [0.05, 0.1) is 6.54 Å². The van der Waals surface area contributed by atoms with Crippen LogP contribution >= 0.6 is 0 Å². The molecule has 0 saturated heterocycles. The molecular formula is C24H26N2O3. The maximum atomic E-state index is 12.5. The van der Waals surface area contributed by atoms with E-state index in [0.717, 1.165) is 22.9 Å². The summed E-state index contributed by atoms with van der Waals surface area (Å²) in [7, 11) is 0. The Kier molecular flexibility index (Phi) is 7.52. The number of para-hydroxylation sites is 2. The number of hydrogen-bond acceptors (Lipinski definition) is 4. The molecule has 0 spiro atoms. The average molecular weight is 390 g/mol. The summed E-state index contributed by atoms with van der Waals surface area (Å²) in [5.74, 6) is 1.62. The van der Waals surface area contributed by atoms with E-state index in [4.69, 9.17) is 9.47 Å². The van der Waals surface area contributed by atoms with Crippen LogP contribution in [0.25, 0.3) is 0 Å². The highest BCUT2D eigenvalue weighted by Crippen LogP contribution is 2.17. The van der Waals surface area contributed by atoms with E-state index in [0.29, 0.717) is 19.8 Å². The Balaban J connectivity index is 1.42. The first kappa shape index (κ1) is 20.3. The minimum atomic E-state index is 0.0251. The Hall–Kier alpha value is -3.47. The number of ether oxygens (including phenoxy) is 2. The van der Waals surface area contributed by atoms with Crippen molar-refractivity contribution in [2.75, 3.05) is 36.5 Å². The van der Waals surface area contributed by atoms with Crippen LogP contribution in [0.3, 0.4) is 0 Å². The Morgan fingerprint density at radius 1 is 0.793 bits per heavy atom. The van der Waals surface area contributed by atoms with E-state index in [1.807, 2.05) is 91.9 Å². The highest BCUT2D eigenvalue weighted by Gasteiger charge is 2.13. The molecule has 0 bridgehead atoms. The van der Waals surface area contributed by atoms with Crippen molar-refractivity contribution >= 4 is 17.3 Å². The molecule has 0 aromatic heterocycles. The Bertz CT molecular complexity index is 868. The molecule has 0 atom stereocenters. The van der Waals surface area contributed by atoms with Gasteiger partial charge in [0.2, 0.25) is 5.91 Å². The molecule has 3 aromatic carbocycles. The molecule has 5 nitrogen and oxygen atoms in total. The number of nitrogens with one attached hydrogen (secondary N) is 1. The van der Waals surface area contributed by atoms with E-state index in [1.165, 1.54) is 0 Å². The smallest absolute Gasteiger partial charge is 0.246 e. The zero-order chi connectivity index (χ0) is 20.3. The summed E-state index contributed by atoms with van der Waals surface area (Å²) in [6.07, 6.45) is 0. The minimum Gasteiger partial charge on any atom is -0.490 e. The molecule has 5 heteroatoms. The van der Waals surface area contributed by atoms with Crippen LogP contribution in [-0.4, -0.2) is 32.2 Å². The molecule has 0 saturated carbocycles. The fourth-order valence-electron chi connectivity index (χ4n) is 2.89. The molecule has 0 aliphatic carbocycles. The molecule has 0 radical (unpaired) electrons. The zero-order valence-electron chi connectivity index (χ0n) is 16.6. The SMILES string of the molecule is CCN(C(=O)CNc1ccc(OCCOc2ccccc2)cc1)c1ccccc1. The highest BCUT2D eigenvalue weighted by molar-refractivity contribution is 5.96. The highest BCUT2D eigenvalue weighted by atomic mass is 16.5. The topological polar surface area (TPSA) is 50.8 Å². The van der Waals surface area contributed by atoms with E-state index in [1.54, 1.807) is 4.90 Å². The van der Waals surface area contributed by atoms with E-state index in [2.05, 4.69) is 5.32 Å². The van der Waals surface area contributed by atoms with Crippen molar-refractivity contribution in [2.24, 2.45) is 0 Å². The number of nitrogens with zero attached hydrogens (tertiary/aromatic N) is 1. The largest absolute Gasteiger partial charge is 0.490 e. The monoisotopic (exact) mass is 390 g/mol. The molecule has 3 aromatic rings. The molecule has 0 heterocycles. The van der Waals surface area contributed by atoms with Gasteiger partial charge in [-0.25, -0.2) is 0 Å². The number of likely N-dealkylation sites (N-methyl/N-ethyl adjacent to an activating group) is 1. The van der Waals surface area contributed by atoms with Gasteiger partial charge in [-0.2, -0.15) is 0 Å². The van der Waals surface area contributed by atoms with Crippen molar-refractivity contribution in [1.29, 1.82) is 0 Å². The fraction of sp³-hybridized carbons (Fsp3) is 0.208. The number of rotatable bonds is 10. The number of carbonyl (C=O) groups is 1. The molecule has 3 rings (SSSR count). The van der Waals surface area contributed by atoms with Crippen molar-refractivity contribution in [3.8, 4) is 11.5 Å². The van der Waals surface area contributed by atoms with Crippen LogP contribution in [0.2, 0.25) is 0 Å². The lowest BCUT2D eigenvalue weighted by molar-refractivity contribution is -0.116. The maximum absolute atomic E-state index is 12.5. The van der Waals surface area contributed by atoms with Crippen LogP contribution in [0.4, 0.5) is 11.4 Å². The first-order valence-electron chi connectivity index (χ1n) is 9.76. The molecule has 0 fully saturated rings. The molecular weight excluding hydrogens is 364 g/mol. The summed E-state index contributed by atoms with van der Waals surface area (Å²) in [5, 5.41) is 3.17. The summed E-state index contributed by atoms with van der Waals surface area (Å²) >= 11 is 0. The molecule has 29 heavy (non-hydrogen) atoms. The minimum absolute atomic E-state index is 0.0251. The predicted octanol–water partition coefficient (Wildman–Crippen LogP) is 4.61. The van der Waals surface area contributed by atoms with Crippen LogP contribution in [-0.2, 0) is 4.79 Å². The summed E-state index contributed by atoms with van der Waals surface area (Å²) in [6, 6.07) is 26.9. The van der Waals surface area contributed by atoms with Gasteiger partial charge >= 0.3 is 0 Å². The van der Waals surface area contributed by atoms with E-state index in [-0.39, 0.29) is 12.5 Å². The number of carbonyl (C=O) groups excluding carboxylic acids is 1. The molecule has 0 aliphatic rings. The number of amides is 1. The second-order valence-corrected chi connectivity index (χ2v) is 6.36. The second kappa shape index (κ2) is 10.8. The van der Waals surface area contributed by atoms with Crippen molar-refractivity contribution in [1.82, 2.24) is 0 Å². The van der Waals surface area contributed by atoms with Gasteiger partial charge in [-0.15, -0.1) is 0 Å². The van der Waals surface area contributed by atoms with Gasteiger partial charge in [-0.05, 0) is 55.5 Å². The molecule has 150 valence electrons. The van der Waals surface area contributed by atoms with E-state index >= 15 is 0 Å². The quantitative estimate of drug-likeness (QED) is 0.514. The van der Waals surface area contributed by atoms with Crippen molar-refractivity contribution < 1.29 is 14.3 Å². The van der Waals surface area contributed by atoms with Crippen LogP contribution in [0.5, 0.6) is 11.5 Å². The lowest BCUT2D eigenvalue weighted by Gasteiger charge is -2.21. The van der Waals surface area contributed by atoms with Gasteiger partial charge < -0.3 is 19.7 Å². The van der Waals surface area contributed by atoms with Crippen molar-refractivity contribution in [3.63, 3.8) is 0 Å². The maximum Gasteiger partial charge on any atom is 0.246 e. The van der Waals surface area contributed by atoms with Gasteiger partial charge in [0.1, 0.15) is 24.7 Å². The summed E-state index contributed by atoms with van der Waals surface area (Å²) in [5.41, 5.74) is 1.78. The van der Waals surface area contributed by atoms with Crippen molar-refractivity contribution in [3.05, 3.63) is 84.9 Å². The van der Waals surface area contributed by atoms with Crippen molar-refractivity contribution in [2.45, 2.75) is 6.92 Å². The average Bonchev–Trinajstić information content (AvgIpc) is 2.78. The fourth-order valence-corrected chi connectivity index (χ4v) is 2.89. The van der Waals surface area contributed by atoms with Crippen LogP contribution in [0, 0.1) is 0 Å². The van der Waals surface area contributed by atoms with Crippen LogP contribution in [0.1, 0.15) is 6.92 Å². The normalized spacial score (nSPS) is 10.2. The van der Waals surface area contributed by atoms with Gasteiger partial charge in [-0.3, -0.25) is 4.79 Å². The third kappa shape index (κ3) is 6.28. The number of hydrogen-bond donors (Lipinski definition) is 1. The molecule has 0 aliphatic heterocycles. The predicted molar refractivity (Wildman–Crippen MR) is 117 cm³/mol. The Labute approximate surface area is 171 Å². The second-order valence-electron chi connectivity index (χ2n) is 6.36. The summed E-state index contributed by atoms with van der Waals surface area (Å²) in [6.45, 7) is 3.77. The van der Waals surface area contributed by atoms with Gasteiger partial charge in [0.15, 0.2) is 0 Å². The molecule has 0 unspecified atom stereocenters. The molecule has 1 amide bonds. The lowest BCUT2D eigenvalue weighted by atomic mass is 10.2. The third-order valence-electron chi connectivity index (χ3n) is 4.35. The first-order chi connectivity index (χ1) is 14.3. The summed E-state index contributed by atoms with van der Waals surface area (Å²) < 4.78 is 11.3. The van der Waals surface area contributed by atoms with Gasteiger partial charge in [-0.1, -0.05) is 36.4 Å². The Morgan fingerprint density at radius 2 is 1.34 bits per heavy atom. The van der Waals surface area contributed by atoms with E-state index < -0.39 is 0 Å². The number of anilines is 2. The lowest BCUT2D eigenvalue weighted by Crippen LogP contribution is -2.35. The summed E-state index contributed by atoms with van der Waals surface area (Å²) in [4.78, 5) is 14.3. The zero-order valence-corrected chi connectivity index (χ0v) is 16.6. The first-order valence-corrected chi connectivity index (χ1v) is 9.76. The van der Waals surface area contributed by atoms with Gasteiger partial charge in [0.25, 0.3) is 0 Å². The number of benzene rings is 3. The Morgan fingerprint density at radius 3 is 1.93 bits per heavy atom. The standard InChI is InChI=1S/C24H26N2O3/c1-2-26(21-9-5-3-6-10-21)24(27)19-25-20-13-15-23(16-14-20)29-18-17-28-22-11-7-4-8-12-22/h3-16,25H,2,17-19H2,1H3. The third-order valence-corrected chi connectivity index (χ3v) is 4.35. The van der Waals surface area contributed by atoms with Crippen LogP contribution in [0.15, 0.2) is 84.9 Å². The van der Waals surface area contributed by atoms with Crippen LogP contribution < -0.4 is 19.7 Å².